The van der Waals surface area contributed by atoms with Gasteiger partial charge in [-0.2, -0.15) is 0 Å². The molecule has 0 unspecified atom stereocenters. The number of aromatic nitrogens is 5. The Hall–Kier alpha value is -7.31. The third-order valence-corrected chi connectivity index (χ3v) is 9.66. The molecule has 0 saturated heterocycles. The Morgan fingerprint density at radius 3 is 1.58 bits per heavy atom. The Morgan fingerprint density at radius 1 is 0.358 bits per heavy atom. The van der Waals surface area contributed by atoms with Gasteiger partial charge in [0.2, 0.25) is 0 Å². The molecule has 4 heterocycles. The number of fused-ring (bicyclic) bond motifs is 4. The van der Waals surface area contributed by atoms with Crippen LogP contribution in [0, 0.1) is 0 Å². The van der Waals surface area contributed by atoms with Crippen LogP contribution >= 0.6 is 0 Å². The summed E-state index contributed by atoms with van der Waals surface area (Å²) in [5.41, 5.74) is 10.1. The third-order valence-electron chi connectivity index (χ3n) is 9.66. The van der Waals surface area contributed by atoms with E-state index in [1.165, 1.54) is 0 Å². The molecule has 6 aromatic carbocycles. The van der Waals surface area contributed by atoms with Gasteiger partial charge in [-0.15, -0.1) is 0 Å². The number of hydrogen-bond donors (Lipinski definition) is 0. The van der Waals surface area contributed by atoms with Gasteiger partial charge < -0.3 is 4.42 Å². The number of rotatable bonds is 6. The molecule has 10 aromatic rings. The Kier molecular flexibility index (Phi) is 7.36. The topological polar surface area (TPSA) is 77.6 Å². The first-order valence-corrected chi connectivity index (χ1v) is 17.5. The van der Waals surface area contributed by atoms with Gasteiger partial charge in [0, 0.05) is 39.9 Å². The standard InChI is InChI=1S/C47H29N5O/c1-3-13-30(14-4-1)45-50-46(31-15-5-2-6-16-31)52-47(51-45)40-28-33(27-39-38-19-9-10-21-43(38)53-44(39)40)35-24-23-34(36-17-7-8-18-37(35)36)32-22-25-42(49-29-32)41-20-11-12-26-48-41/h1-29H. The quantitative estimate of drug-likeness (QED) is 0.174. The number of nitrogens with zero attached hydrogens (tertiary/aromatic N) is 5. The highest BCUT2D eigenvalue weighted by Gasteiger charge is 2.21. The smallest absolute Gasteiger partial charge is 0.167 e. The lowest BCUT2D eigenvalue weighted by atomic mass is 9.91. The highest BCUT2D eigenvalue weighted by Crippen LogP contribution is 2.42. The Balaban J connectivity index is 1.18. The molecule has 0 bridgehead atoms. The second-order valence-corrected chi connectivity index (χ2v) is 12.9. The van der Waals surface area contributed by atoms with Crippen molar-refractivity contribution in [1.29, 1.82) is 0 Å². The van der Waals surface area contributed by atoms with Crippen LogP contribution in [0.4, 0.5) is 0 Å². The summed E-state index contributed by atoms with van der Waals surface area (Å²) in [7, 11) is 0. The zero-order valence-corrected chi connectivity index (χ0v) is 28.4. The number of furan rings is 1. The van der Waals surface area contributed by atoms with Crippen LogP contribution in [0.15, 0.2) is 181 Å². The second-order valence-electron chi connectivity index (χ2n) is 12.9. The molecule has 4 aromatic heterocycles. The van der Waals surface area contributed by atoms with Gasteiger partial charge in [-0.3, -0.25) is 9.97 Å². The molecule has 0 fully saturated rings. The van der Waals surface area contributed by atoms with Crippen LogP contribution in [0.1, 0.15) is 0 Å². The molecule has 6 heteroatoms. The lowest BCUT2D eigenvalue weighted by Crippen LogP contribution is -2.00. The lowest BCUT2D eigenvalue weighted by Gasteiger charge is -2.14. The predicted molar refractivity (Wildman–Crippen MR) is 213 cm³/mol. The van der Waals surface area contributed by atoms with Gasteiger partial charge in [0.05, 0.1) is 17.0 Å². The van der Waals surface area contributed by atoms with Crippen LogP contribution in [-0.4, -0.2) is 24.9 Å². The van der Waals surface area contributed by atoms with Gasteiger partial charge in [0.25, 0.3) is 0 Å². The summed E-state index contributed by atoms with van der Waals surface area (Å²) in [5, 5.41) is 4.29. The van der Waals surface area contributed by atoms with Crippen molar-refractivity contribution >= 4 is 32.7 Å². The molecule has 6 nitrogen and oxygen atoms in total. The highest BCUT2D eigenvalue weighted by molar-refractivity contribution is 6.13. The molecule has 0 aliphatic heterocycles. The molecular weight excluding hydrogens is 651 g/mol. The fraction of sp³-hybridized carbons (Fsp3) is 0. The number of pyridine rings is 2. The average Bonchev–Trinajstić information content (AvgIpc) is 3.62. The maximum atomic E-state index is 6.61. The Morgan fingerprint density at radius 2 is 0.943 bits per heavy atom. The molecule has 10 rings (SSSR count). The fourth-order valence-corrected chi connectivity index (χ4v) is 7.10. The largest absolute Gasteiger partial charge is 0.455 e. The molecule has 0 aliphatic carbocycles. The molecule has 0 amide bonds. The van der Waals surface area contributed by atoms with E-state index in [-0.39, 0.29) is 0 Å². The zero-order chi connectivity index (χ0) is 35.1. The first-order valence-electron chi connectivity index (χ1n) is 17.5. The zero-order valence-electron chi connectivity index (χ0n) is 28.4. The van der Waals surface area contributed by atoms with Crippen molar-refractivity contribution in [3.63, 3.8) is 0 Å². The van der Waals surface area contributed by atoms with E-state index in [0.29, 0.717) is 17.5 Å². The van der Waals surface area contributed by atoms with Crippen molar-refractivity contribution in [2.45, 2.75) is 0 Å². The molecule has 0 N–H and O–H groups in total. The molecule has 0 aliphatic rings. The number of benzene rings is 6. The minimum Gasteiger partial charge on any atom is -0.455 e. The van der Waals surface area contributed by atoms with Crippen molar-refractivity contribution < 1.29 is 4.42 Å². The summed E-state index contributed by atoms with van der Waals surface area (Å²) >= 11 is 0. The Bertz CT molecular complexity index is 2870. The normalized spacial score (nSPS) is 11.4. The van der Waals surface area contributed by atoms with E-state index in [9.17, 15) is 0 Å². The van der Waals surface area contributed by atoms with Crippen molar-refractivity contribution in [2.24, 2.45) is 0 Å². The van der Waals surface area contributed by atoms with Crippen LogP contribution in [0.3, 0.4) is 0 Å². The molecule has 0 saturated carbocycles. The van der Waals surface area contributed by atoms with Gasteiger partial charge in [-0.1, -0.05) is 127 Å². The van der Waals surface area contributed by atoms with Crippen molar-refractivity contribution in [3.05, 3.63) is 176 Å². The van der Waals surface area contributed by atoms with Crippen molar-refractivity contribution in [2.75, 3.05) is 0 Å². The molecule has 0 radical (unpaired) electrons. The molecular formula is C47H29N5O. The van der Waals surface area contributed by atoms with Crippen LogP contribution in [0.5, 0.6) is 0 Å². The SMILES string of the molecule is c1ccc(-c2nc(-c3ccccc3)nc(-c3cc(-c4ccc(-c5ccc(-c6ccccn6)nc5)c5ccccc45)cc4c3oc3ccccc34)n2)cc1. The minimum absolute atomic E-state index is 0.545. The lowest BCUT2D eigenvalue weighted by molar-refractivity contribution is 0.669. The highest BCUT2D eigenvalue weighted by atomic mass is 16.3. The first-order chi connectivity index (χ1) is 26.3. The van der Waals surface area contributed by atoms with Crippen LogP contribution in [0.25, 0.3) is 101 Å². The average molecular weight is 680 g/mol. The predicted octanol–water partition coefficient (Wildman–Crippen LogP) is 11.7. The Labute approximate surface area is 305 Å². The van der Waals surface area contributed by atoms with E-state index in [0.717, 1.165) is 83.0 Å². The maximum absolute atomic E-state index is 6.61. The summed E-state index contributed by atoms with van der Waals surface area (Å²) < 4.78 is 6.61. The van der Waals surface area contributed by atoms with E-state index < -0.39 is 0 Å². The van der Waals surface area contributed by atoms with Gasteiger partial charge in [-0.05, 0) is 63.9 Å². The van der Waals surface area contributed by atoms with E-state index >= 15 is 0 Å². The van der Waals surface area contributed by atoms with Crippen molar-refractivity contribution in [3.8, 4) is 67.8 Å². The minimum atomic E-state index is 0.545. The van der Waals surface area contributed by atoms with Crippen molar-refractivity contribution in [1.82, 2.24) is 24.9 Å². The first kappa shape index (κ1) is 30.5. The van der Waals surface area contributed by atoms with Gasteiger partial charge in [-0.25, -0.2) is 15.0 Å². The van der Waals surface area contributed by atoms with E-state index in [2.05, 4.69) is 65.6 Å². The molecule has 53 heavy (non-hydrogen) atoms. The van der Waals surface area contributed by atoms with E-state index in [4.69, 9.17) is 24.4 Å². The number of hydrogen-bond acceptors (Lipinski definition) is 6. The summed E-state index contributed by atoms with van der Waals surface area (Å²) in [4.78, 5) is 24.4. The van der Waals surface area contributed by atoms with Gasteiger partial charge in [0.15, 0.2) is 17.5 Å². The van der Waals surface area contributed by atoms with E-state index in [1.54, 1.807) is 6.20 Å². The summed E-state index contributed by atoms with van der Waals surface area (Å²) in [5.74, 6) is 1.74. The van der Waals surface area contributed by atoms with Crippen LogP contribution in [0.2, 0.25) is 0 Å². The number of para-hydroxylation sites is 1. The summed E-state index contributed by atoms with van der Waals surface area (Å²) in [6.07, 6.45) is 3.72. The third kappa shape index (κ3) is 5.50. The van der Waals surface area contributed by atoms with Gasteiger partial charge >= 0.3 is 0 Å². The molecule has 0 atom stereocenters. The fourth-order valence-electron chi connectivity index (χ4n) is 7.10. The second kappa shape index (κ2) is 12.8. The summed E-state index contributed by atoms with van der Waals surface area (Å²) in [6.45, 7) is 0. The monoisotopic (exact) mass is 679 g/mol. The maximum Gasteiger partial charge on any atom is 0.167 e. The molecule has 248 valence electrons. The van der Waals surface area contributed by atoms with E-state index in [1.807, 2.05) is 109 Å². The van der Waals surface area contributed by atoms with Crippen LogP contribution in [-0.2, 0) is 0 Å². The van der Waals surface area contributed by atoms with Crippen LogP contribution < -0.4 is 0 Å². The van der Waals surface area contributed by atoms with Gasteiger partial charge in [0.1, 0.15) is 11.2 Å². The summed E-state index contributed by atoms with van der Waals surface area (Å²) in [6, 6.07) is 55.6. The molecule has 0 spiro atoms.